The zero-order valence-corrected chi connectivity index (χ0v) is 59.0. The molecule has 99 heavy (non-hydrogen) atoms. The number of pyridine rings is 4. The van der Waals surface area contributed by atoms with E-state index in [1.165, 1.54) is 18.5 Å². The quantitative estimate of drug-likeness (QED) is 0.150. The Morgan fingerprint density at radius 3 is 1.31 bits per heavy atom. The molecule has 0 bridgehead atoms. The van der Waals surface area contributed by atoms with Gasteiger partial charge in [0.05, 0.1) is 72.3 Å². The summed E-state index contributed by atoms with van der Waals surface area (Å²) in [6.07, 6.45) is 19.6. The summed E-state index contributed by atoms with van der Waals surface area (Å²) in [6.45, 7) is 22.3. The summed E-state index contributed by atoms with van der Waals surface area (Å²) in [5, 5.41) is 13.5. The van der Waals surface area contributed by atoms with Crippen molar-refractivity contribution in [2.24, 2.45) is 5.41 Å². The van der Waals surface area contributed by atoms with Gasteiger partial charge in [-0.3, -0.25) is 33.6 Å². The SMILES string of the molecule is C=C1CCC2(CCN(C(=O)c3cnc4c(c3)OCCC3(CC3)N4)C2)N1C.CC(=O)N(C)[C@H]1CCN(C(=O)c2cnc3c(c2)OCC(C)(C)CN3)C1.CC(=O)N(C)[C@H]1CCN(C(=O)c2cnc3c(c2)OCCC2(CC2)N3)C1.CC(=O)N(C)[C@H]1CCN(C(=O)c2cnc3c(c2)OCCCN3)C1. The van der Waals surface area contributed by atoms with E-state index >= 15 is 0 Å². The topological polar surface area (TPSA) is 282 Å². The lowest BCUT2D eigenvalue weighted by Crippen LogP contribution is -2.44. The van der Waals surface area contributed by atoms with E-state index in [2.05, 4.69) is 73.6 Å². The van der Waals surface area contributed by atoms with Gasteiger partial charge in [0.15, 0.2) is 46.3 Å². The lowest BCUT2D eigenvalue weighted by atomic mass is 9.95. The van der Waals surface area contributed by atoms with E-state index in [1.807, 2.05) is 11.0 Å². The Morgan fingerprint density at radius 1 is 0.505 bits per heavy atom. The molecule has 7 fully saturated rings. The number of allylic oxidation sites excluding steroid dienone is 1. The van der Waals surface area contributed by atoms with E-state index in [-0.39, 0.29) is 81.5 Å². The van der Waals surface area contributed by atoms with E-state index in [0.29, 0.717) is 123 Å². The van der Waals surface area contributed by atoms with Crippen LogP contribution in [-0.2, 0) is 14.4 Å². The van der Waals surface area contributed by atoms with Gasteiger partial charge in [0.25, 0.3) is 23.6 Å². The molecule has 4 aromatic heterocycles. The summed E-state index contributed by atoms with van der Waals surface area (Å²) < 4.78 is 23.2. The fraction of sp³-hybridized carbons (Fsp3) is 0.597. The monoisotopic (exact) mass is 1360 g/mol. The lowest BCUT2D eigenvalue weighted by molar-refractivity contribution is -0.130. The van der Waals surface area contributed by atoms with Crippen LogP contribution in [0.2, 0.25) is 0 Å². The highest BCUT2D eigenvalue weighted by Crippen LogP contribution is 2.47. The van der Waals surface area contributed by atoms with Crippen molar-refractivity contribution in [2.75, 3.05) is 141 Å². The first-order chi connectivity index (χ1) is 47.3. The first-order valence-corrected chi connectivity index (χ1v) is 35.1. The third-order valence-corrected chi connectivity index (χ3v) is 21.9. The minimum Gasteiger partial charge on any atom is -0.490 e. The Balaban J connectivity index is 0.000000125. The Morgan fingerprint density at radius 2 is 0.899 bits per heavy atom. The second-order valence-electron chi connectivity index (χ2n) is 29.5. The van der Waals surface area contributed by atoms with Crippen molar-refractivity contribution < 1.29 is 52.5 Å². The summed E-state index contributed by atoms with van der Waals surface area (Å²) in [7, 11) is 7.47. The van der Waals surface area contributed by atoms with Gasteiger partial charge in [-0.2, -0.15) is 0 Å². The second-order valence-corrected chi connectivity index (χ2v) is 29.5. The number of likely N-dealkylation sites (tertiary alicyclic amines) is 5. The Hall–Kier alpha value is -9.17. The van der Waals surface area contributed by atoms with Crippen LogP contribution in [0.4, 0.5) is 23.3 Å². The summed E-state index contributed by atoms with van der Waals surface area (Å²) >= 11 is 0. The van der Waals surface area contributed by atoms with Crippen LogP contribution in [0.3, 0.4) is 0 Å². The molecule has 4 aromatic rings. The molecule has 5 saturated heterocycles. The maximum Gasteiger partial charge on any atom is 0.255 e. The number of rotatable bonds is 7. The molecule has 1 unspecified atom stereocenters. The number of fused-ring (bicyclic) bond motifs is 4. The zero-order chi connectivity index (χ0) is 70.1. The smallest absolute Gasteiger partial charge is 0.255 e. The van der Waals surface area contributed by atoms with Crippen LogP contribution < -0.4 is 40.2 Å². The Labute approximate surface area is 580 Å². The highest BCUT2D eigenvalue weighted by atomic mass is 16.5. The van der Waals surface area contributed by atoms with Gasteiger partial charge in [-0.25, -0.2) is 19.9 Å². The molecule has 27 nitrogen and oxygen atoms in total. The summed E-state index contributed by atoms with van der Waals surface area (Å²) in [4.78, 5) is 118. The number of ether oxygens (including phenoxy) is 4. The highest BCUT2D eigenvalue weighted by Gasteiger charge is 2.49. The van der Waals surface area contributed by atoms with Gasteiger partial charge >= 0.3 is 0 Å². The fourth-order valence-electron chi connectivity index (χ4n) is 14.4. The molecule has 15 rings (SSSR count). The van der Waals surface area contributed by atoms with Crippen LogP contribution >= 0.6 is 0 Å². The molecule has 3 spiro atoms. The predicted octanol–water partition coefficient (Wildman–Crippen LogP) is 6.71. The van der Waals surface area contributed by atoms with Crippen LogP contribution in [0.25, 0.3) is 0 Å². The van der Waals surface area contributed by atoms with Crippen molar-refractivity contribution >= 4 is 64.6 Å². The normalized spacial score (nSPS) is 23.5. The minimum absolute atomic E-state index is 0.00429. The third kappa shape index (κ3) is 15.7. The van der Waals surface area contributed by atoms with Crippen molar-refractivity contribution in [3.63, 3.8) is 0 Å². The first kappa shape index (κ1) is 69.7. The molecule has 2 saturated carbocycles. The molecule has 7 amide bonds. The van der Waals surface area contributed by atoms with Gasteiger partial charge in [-0.05, 0) is 94.9 Å². The maximum absolute atomic E-state index is 13.1. The molecule has 27 heteroatoms. The molecule has 4 N–H and O–H groups in total. The molecule has 0 radical (unpaired) electrons. The summed E-state index contributed by atoms with van der Waals surface area (Å²) in [6, 6.07) is 7.43. The number of hydrogen-bond donors (Lipinski definition) is 4. The molecule has 532 valence electrons. The van der Waals surface area contributed by atoms with Gasteiger partial charge in [0, 0.05) is 174 Å². The van der Waals surface area contributed by atoms with Crippen molar-refractivity contribution in [1.29, 1.82) is 0 Å². The number of hydrogen-bond acceptors (Lipinski definition) is 20. The molecule has 13 heterocycles. The average molecular weight is 1360 g/mol. The molecule has 0 aromatic carbocycles. The van der Waals surface area contributed by atoms with E-state index in [4.69, 9.17) is 18.9 Å². The van der Waals surface area contributed by atoms with Gasteiger partial charge in [-0.1, -0.05) is 20.4 Å². The van der Waals surface area contributed by atoms with Crippen LogP contribution in [0.5, 0.6) is 23.0 Å². The largest absolute Gasteiger partial charge is 0.490 e. The highest BCUT2D eigenvalue weighted by molar-refractivity contribution is 5.97. The number of aromatic nitrogens is 4. The fourth-order valence-corrected chi connectivity index (χ4v) is 14.4. The maximum atomic E-state index is 13.1. The summed E-state index contributed by atoms with van der Waals surface area (Å²) in [5.74, 6) is 5.44. The van der Waals surface area contributed by atoms with Crippen molar-refractivity contribution in [1.82, 2.24) is 59.1 Å². The van der Waals surface area contributed by atoms with Gasteiger partial charge in [0.2, 0.25) is 17.7 Å². The average Bonchev–Trinajstić information content (AvgIpc) is 1.62. The van der Waals surface area contributed by atoms with Crippen LogP contribution in [0.1, 0.15) is 160 Å². The number of amides is 7. The Bertz CT molecular complexity index is 3770. The van der Waals surface area contributed by atoms with Crippen molar-refractivity contribution in [2.45, 2.75) is 153 Å². The van der Waals surface area contributed by atoms with E-state index < -0.39 is 0 Å². The predicted molar refractivity (Wildman–Crippen MR) is 372 cm³/mol. The van der Waals surface area contributed by atoms with Crippen molar-refractivity contribution in [3.8, 4) is 23.0 Å². The van der Waals surface area contributed by atoms with Crippen molar-refractivity contribution in [3.05, 3.63) is 83.6 Å². The molecular formula is C72H98N16O11. The van der Waals surface area contributed by atoms with Crippen LogP contribution in [0.15, 0.2) is 61.3 Å². The zero-order valence-electron chi connectivity index (χ0n) is 59.0. The van der Waals surface area contributed by atoms with Crippen LogP contribution in [0, 0.1) is 5.41 Å². The molecular weight excluding hydrogens is 1260 g/mol. The molecule has 4 atom stereocenters. The summed E-state index contributed by atoms with van der Waals surface area (Å²) in [5.41, 5.74) is 3.80. The number of likely N-dealkylation sites (N-methyl/N-ethyl adjacent to an activating group) is 4. The van der Waals surface area contributed by atoms with E-state index in [9.17, 15) is 33.6 Å². The number of nitrogens with zero attached hydrogens (tertiary/aromatic N) is 12. The van der Waals surface area contributed by atoms with Gasteiger partial charge < -0.3 is 79.4 Å². The lowest BCUT2D eigenvalue weighted by Gasteiger charge is -2.33. The number of anilines is 4. The Kier molecular flexibility index (Phi) is 20.1. The molecule has 2 aliphatic carbocycles. The van der Waals surface area contributed by atoms with E-state index in [1.54, 1.807) is 114 Å². The van der Waals surface area contributed by atoms with E-state index in [0.717, 1.165) is 108 Å². The molecule has 11 aliphatic rings. The van der Waals surface area contributed by atoms with Gasteiger partial charge in [-0.15, -0.1) is 0 Å². The third-order valence-electron chi connectivity index (χ3n) is 21.9. The first-order valence-electron chi connectivity index (χ1n) is 35.1. The van der Waals surface area contributed by atoms with Crippen LogP contribution in [-0.4, -0.2) is 255 Å². The number of carbonyl (C=O) groups excluding carboxylic acids is 7. The molecule has 9 aliphatic heterocycles. The second kappa shape index (κ2) is 28.6. The minimum atomic E-state index is -0.0677. The standard InChI is InChI=1S/C20H26N4O2.C18H24N4O3.C18H26N4O3.C16H22N4O3/c1-14-3-4-20(23(14)2)7-9-24(13-20)18(25)15-11-16-17(21-12-15)22-19(5-6-19)8-10-26-16;1-12(23)21(2)14-3-7-22(11-14)17(24)13-9-15-16(19-10-13)20-18(4-5-18)6-8-25-15;1-12(23)21(4)14-5-6-22(9-14)17(24)13-7-15-16(19-8-13)20-10-18(2,3)11-25-15;1-11(21)19(2)13-4-6-20(10-13)16(22)12-8-14-15(18-9-12)17-5-3-7-23-14/h11-12H,1,3-10,13H2,2H3,(H,21,22);9-10,14H,3-8,11H2,1-2H3,(H,19,20);7-8,14H,5-6,9-11H2,1-4H3,(H,19,20);8-9,13H,3-7,10H2,1-2H3,(H,17,18)/t;2*14-;13-/m.000/s1. The number of carbonyl (C=O) groups is 7. The van der Waals surface area contributed by atoms with Gasteiger partial charge in [0.1, 0.15) is 0 Å². The number of nitrogens with one attached hydrogen (secondary N) is 4.